The van der Waals surface area contributed by atoms with E-state index >= 15 is 0 Å². The lowest BCUT2D eigenvalue weighted by molar-refractivity contribution is 0.0697. The average Bonchev–Trinajstić information content (AvgIpc) is 2.88. The molecule has 2 aromatic rings. The molecule has 7 heteroatoms. The third-order valence-corrected chi connectivity index (χ3v) is 4.50. The first-order valence-electron chi connectivity index (χ1n) is 6.57. The second kappa shape index (κ2) is 7.02. The number of aromatic carboxylic acids is 1. The van der Waals surface area contributed by atoms with E-state index in [1.54, 1.807) is 29.4 Å². The van der Waals surface area contributed by atoms with Crippen molar-refractivity contribution in [3.8, 4) is 0 Å². The molecule has 1 N–H and O–H groups in total. The van der Waals surface area contributed by atoms with Crippen molar-refractivity contribution in [2.75, 3.05) is 13.6 Å². The second-order valence-electron chi connectivity index (χ2n) is 4.88. The van der Waals surface area contributed by atoms with E-state index in [4.69, 9.17) is 5.11 Å². The van der Waals surface area contributed by atoms with E-state index in [-0.39, 0.29) is 11.5 Å². The molecular formula is C15H15BrN2O3S. The van der Waals surface area contributed by atoms with Crippen LogP contribution in [0.3, 0.4) is 0 Å². The van der Waals surface area contributed by atoms with Gasteiger partial charge in [0.2, 0.25) is 0 Å². The van der Waals surface area contributed by atoms with E-state index in [1.165, 1.54) is 12.1 Å². The summed E-state index contributed by atoms with van der Waals surface area (Å²) in [4.78, 5) is 30.4. The van der Waals surface area contributed by atoms with Crippen LogP contribution in [0.25, 0.3) is 0 Å². The molecule has 0 spiro atoms. The quantitative estimate of drug-likeness (QED) is 0.861. The number of carbonyl (C=O) groups is 2. The topological polar surface area (TPSA) is 70.5 Å². The van der Waals surface area contributed by atoms with Crippen molar-refractivity contribution in [3.63, 3.8) is 0 Å². The smallest absolute Gasteiger partial charge is 0.335 e. The Bertz CT molecular complexity index is 715. The van der Waals surface area contributed by atoms with E-state index in [9.17, 15) is 9.59 Å². The number of rotatable bonds is 5. The highest BCUT2D eigenvalue weighted by Crippen LogP contribution is 2.18. The molecular weight excluding hydrogens is 368 g/mol. The molecule has 2 rings (SSSR count). The number of hydrogen-bond acceptors (Lipinski definition) is 4. The molecule has 1 aromatic carbocycles. The Balaban J connectivity index is 2.08. The van der Waals surface area contributed by atoms with Gasteiger partial charge in [0.15, 0.2) is 0 Å². The van der Waals surface area contributed by atoms with Crippen LogP contribution in [0.5, 0.6) is 0 Å². The van der Waals surface area contributed by atoms with Crippen LogP contribution >= 0.6 is 27.3 Å². The molecule has 0 aliphatic heterocycles. The van der Waals surface area contributed by atoms with E-state index in [0.29, 0.717) is 23.0 Å². The summed E-state index contributed by atoms with van der Waals surface area (Å²) in [7, 11) is 1.70. The number of carboxylic acid groups (broad SMARTS) is 1. The maximum atomic E-state index is 12.4. The van der Waals surface area contributed by atoms with Crippen molar-refractivity contribution >= 4 is 39.1 Å². The van der Waals surface area contributed by atoms with Gasteiger partial charge in [-0.05, 0) is 25.1 Å². The fourth-order valence-corrected chi connectivity index (χ4v) is 3.21. The number of benzene rings is 1. The Hall–Kier alpha value is -1.73. The molecule has 1 amide bonds. The summed E-state index contributed by atoms with van der Waals surface area (Å²) in [6, 6.07) is 4.48. The number of carbonyl (C=O) groups excluding carboxylic acids is 1. The molecule has 0 bridgehead atoms. The number of likely N-dealkylation sites (N-methyl/N-ethyl adjacent to an activating group) is 1. The molecule has 0 saturated carbocycles. The number of carboxylic acids is 1. The lowest BCUT2D eigenvalue weighted by atomic mass is 10.1. The highest BCUT2D eigenvalue weighted by molar-refractivity contribution is 9.10. The van der Waals surface area contributed by atoms with Gasteiger partial charge in [-0.2, -0.15) is 0 Å². The zero-order valence-corrected chi connectivity index (χ0v) is 14.6. The van der Waals surface area contributed by atoms with Crippen molar-refractivity contribution in [3.05, 3.63) is 49.9 Å². The van der Waals surface area contributed by atoms with Crippen LogP contribution in [0, 0.1) is 6.92 Å². The van der Waals surface area contributed by atoms with Gasteiger partial charge in [0.1, 0.15) is 0 Å². The zero-order valence-electron chi connectivity index (χ0n) is 12.2. The summed E-state index contributed by atoms with van der Waals surface area (Å²) < 4.78 is 0.569. The lowest BCUT2D eigenvalue weighted by Crippen LogP contribution is -2.29. The van der Waals surface area contributed by atoms with Gasteiger partial charge in [-0.15, -0.1) is 11.3 Å². The van der Waals surface area contributed by atoms with Gasteiger partial charge in [0.05, 0.1) is 10.6 Å². The fourth-order valence-electron chi connectivity index (χ4n) is 1.94. The van der Waals surface area contributed by atoms with Gasteiger partial charge in [0, 0.05) is 41.1 Å². The summed E-state index contributed by atoms with van der Waals surface area (Å²) in [6.07, 6.45) is 2.50. The predicted molar refractivity (Wildman–Crippen MR) is 88.6 cm³/mol. The summed E-state index contributed by atoms with van der Waals surface area (Å²) in [6.45, 7) is 2.52. The Morgan fingerprint density at radius 2 is 2.00 bits per heavy atom. The number of hydrogen-bond donors (Lipinski definition) is 1. The number of aryl methyl sites for hydroxylation is 1. The maximum Gasteiger partial charge on any atom is 0.335 e. The predicted octanol–water partition coefficient (Wildman–Crippen LogP) is 3.23. The SMILES string of the molecule is Cc1cnc(CCN(C)C(=O)c2cc(Br)cc(C(=O)O)c2)s1. The van der Waals surface area contributed by atoms with Gasteiger partial charge in [-0.25, -0.2) is 9.78 Å². The standard InChI is InChI=1S/C15H15BrN2O3S/c1-9-8-17-13(22-9)3-4-18(2)14(19)10-5-11(15(20)21)7-12(16)6-10/h5-8H,3-4H2,1-2H3,(H,20,21). The first kappa shape index (κ1) is 16.6. The molecule has 0 aliphatic carbocycles. The largest absolute Gasteiger partial charge is 0.478 e. The maximum absolute atomic E-state index is 12.4. The summed E-state index contributed by atoms with van der Waals surface area (Å²) in [5.74, 6) is -1.27. The number of amides is 1. The Morgan fingerprint density at radius 1 is 1.32 bits per heavy atom. The van der Waals surface area contributed by atoms with Crippen LogP contribution in [0.2, 0.25) is 0 Å². The Kier molecular flexibility index (Phi) is 5.31. The summed E-state index contributed by atoms with van der Waals surface area (Å²) in [5, 5.41) is 10.0. The minimum Gasteiger partial charge on any atom is -0.478 e. The lowest BCUT2D eigenvalue weighted by Gasteiger charge is -2.17. The van der Waals surface area contributed by atoms with Crippen molar-refractivity contribution in [1.29, 1.82) is 0 Å². The number of halogens is 1. The van der Waals surface area contributed by atoms with Crippen molar-refractivity contribution < 1.29 is 14.7 Å². The van der Waals surface area contributed by atoms with Gasteiger partial charge < -0.3 is 10.0 Å². The molecule has 5 nitrogen and oxygen atoms in total. The highest BCUT2D eigenvalue weighted by Gasteiger charge is 2.15. The molecule has 0 aliphatic rings. The molecule has 1 aromatic heterocycles. The minimum atomic E-state index is -1.06. The van der Waals surface area contributed by atoms with Crippen molar-refractivity contribution in [1.82, 2.24) is 9.88 Å². The summed E-state index contributed by atoms with van der Waals surface area (Å²) >= 11 is 4.85. The van der Waals surface area contributed by atoms with Gasteiger partial charge in [-0.3, -0.25) is 4.79 Å². The molecule has 116 valence electrons. The molecule has 22 heavy (non-hydrogen) atoms. The molecule has 0 unspecified atom stereocenters. The Morgan fingerprint density at radius 3 is 2.59 bits per heavy atom. The fraction of sp³-hybridized carbons (Fsp3) is 0.267. The normalized spacial score (nSPS) is 10.5. The van der Waals surface area contributed by atoms with E-state index in [0.717, 1.165) is 9.88 Å². The highest BCUT2D eigenvalue weighted by atomic mass is 79.9. The molecule has 0 fully saturated rings. The molecule has 0 atom stereocenters. The number of thiazole rings is 1. The minimum absolute atomic E-state index is 0.0849. The van der Waals surface area contributed by atoms with Crippen LogP contribution < -0.4 is 0 Å². The van der Waals surface area contributed by atoms with Crippen molar-refractivity contribution in [2.24, 2.45) is 0 Å². The third-order valence-electron chi connectivity index (χ3n) is 3.07. The average molecular weight is 383 g/mol. The second-order valence-corrected chi connectivity index (χ2v) is 7.11. The van der Waals surface area contributed by atoms with Gasteiger partial charge in [-0.1, -0.05) is 15.9 Å². The first-order chi connectivity index (χ1) is 10.4. The van der Waals surface area contributed by atoms with Crippen LogP contribution in [0.1, 0.15) is 30.6 Å². The monoisotopic (exact) mass is 382 g/mol. The summed E-state index contributed by atoms with van der Waals surface area (Å²) in [5.41, 5.74) is 0.436. The third kappa shape index (κ3) is 4.14. The van der Waals surface area contributed by atoms with Crippen LogP contribution in [0.4, 0.5) is 0 Å². The van der Waals surface area contributed by atoms with E-state index in [2.05, 4.69) is 20.9 Å². The number of nitrogens with zero attached hydrogens (tertiary/aromatic N) is 2. The number of aromatic nitrogens is 1. The molecule has 0 radical (unpaired) electrons. The van der Waals surface area contributed by atoms with Gasteiger partial charge >= 0.3 is 5.97 Å². The van der Waals surface area contributed by atoms with Crippen LogP contribution in [-0.2, 0) is 6.42 Å². The molecule has 0 saturated heterocycles. The zero-order chi connectivity index (χ0) is 16.3. The van der Waals surface area contributed by atoms with Crippen LogP contribution in [0.15, 0.2) is 28.9 Å². The van der Waals surface area contributed by atoms with E-state index < -0.39 is 5.97 Å². The molecule has 1 heterocycles. The van der Waals surface area contributed by atoms with Gasteiger partial charge in [0.25, 0.3) is 5.91 Å². The first-order valence-corrected chi connectivity index (χ1v) is 8.18. The Labute approximate surface area is 140 Å². The van der Waals surface area contributed by atoms with E-state index in [1.807, 2.05) is 13.1 Å². The van der Waals surface area contributed by atoms with Crippen molar-refractivity contribution in [2.45, 2.75) is 13.3 Å². The van der Waals surface area contributed by atoms with Crippen LogP contribution in [-0.4, -0.2) is 40.5 Å².